The van der Waals surface area contributed by atoms with Gasteiger partial charge in [0.2, 0.25) is 5.91 Å². The Hall–Kier alpha value is -0.650. The summed E-state index contributed by atoms with van der Waals surface area (Å²) < 4.78 is 0. The van der Waals surface area contributed by atoms with E-state index in [0.717, 1.165) is 13.0 Å². The van der Waals surface area contributed by atoms with Gasteiger partial charge >= 0.3 is 0 Å². The van der Waals surface area contributed by atoms with Crippen molar-refractivity contribution >= 4 is 5.91 Å². The first-order valence-corrected chi connectivity index (χ1v) is 5.30. The highest BCUT2D eigenvalue weighted by atomic mass is 16.3. The van der Waals surface area contributed by atoms with Crippen LogP contribution in [-0.4, -0.2) is 47.5 Å². The van der Waals surface area contributed by atoms with Crippen molar-refractivity contribution in [2.24, 2.45) is 5.92 Å². The van der Waals surface area contributed by atoms with Crippen LogP contribution in [0.2, 0.25) is 0 Å². The van der Waals surface area contributed by atoms with Crippen molar-refractivity contribution in [2.45, 2.75) is 31.9 Å². The number of hydrogen-bond donors (Lipinski definition) is 4. The van der Waals surface area contributed by atoms with E-state index in [0.29, 0.717) is 5.92 Å². The summed E-state index contributed by atoms with van der Waals surface area (Å²) in [6, 6.07) is -0.167. The molecule has 0 aromatic rings. The van der Waals surface area contributed by atoms with Crippen LogP contribution in [0.1, 0.15) is 20.3 Å². The second-order valence-corrected chi connectivity index (χ2v) is 4.57. The second-order valence-electron chi connectivity index (χ2n) is 4.57. The Kier molecular flexibility index (Phi) is 4.07. The van der Waals surface area contributed by atoms with Crippen LogP contribution in [-0.2, 0) is 4.79 Å². The summed E-state index contributed by atoms with van der Waals surface area (Å²) >= 11 is 0. The molecule has 0 saturated carbocycles. The fourth-order valence-electron chi connectivity index (χ4n) is 1.63. The molecule has 0 aliphatic carbocycles. The van der Waals surface area contributed by atoms with Crippen molar-refractivity contribution in [3.8, 4) is 0 Å². The van der Waals surface area contributed by atoms with Gasteiger partial charge < -0.3 is 20.8 Å². The number of carbonyl (C=O) groups is 1. The fraction of sp³-hybridized carbons (Fsp3) is 0.900. The zero-order valence-electron chi connectivity index (χ0n) is 9.29. The van der Waals surface area contributed by atoms with Gasteiger partial charge in [0.1, 0.15) is 5.60 Å². The molecule has 1 heterocycles. The number of aliphatic hydroxyl groups is 2. The van der Waals surface area contributed by atoms with E-state index in [4.69, 9.17) is 5.11 Å². The molecule has 3 atom stereocenters. The Balaban J connectivity index is 2.36. The van der Waals surface area contributed by atoms with Gasteiger partial charge in [-0.2, -0.15) is 0 Å². The van der Waals surface area contributed by atoms with Crippen LogP contribution in [0.25, 0.3) is 0 Å². The standard InChI is InChI=1S/C10H20N2O3/c1-7-3-4-11-8(7)9(14)12-5-10(2,15)6-13/h7-8,11,13,15H,3-6H2,1-2H3,(H,12,14). The van der Waals surface area contributed by atoms with E-state index < -0.39 is 5.60 Å². The summed E-state index contributed by atoms with van der Waals surface area (Å²) in [5, 5.41) is 24.0. The Bertz CT molecular complexity index is 231. The molecule has 1 aliphatic rings. The monoisotopic (exact) mass is 216 g/mol. The predicted molar refractivity (Wildman–Crippen MR) is 56.3 cm³/mol. The number of hydrogen-bond acceptors (Lipinski definition) is 4. The molecule has 0 spiro atoms. The summed E-state index contributed by atoms with van der Waals surface area (Å²) in [6.07, 6.45) is 0.995. The van der Waals surface area contributed by atoms with Gasteiger partial charge in [0.05, 0.1) is 12.6 Å². The maximum Gasteiger partial charge on any atom is 0.237 e. The Morgan fingerprint density at radius 2 is 2.33 bits per heavy atom. The van der Waals surface area contributed by atoms with Crippen LogP contribution in [0.4, 0.5) is 0 Å². The van der Waals surface area contributed by atoms with Gasteiger partial charge in [-0.3, -0.25) is 4.79 Å². The lowest BCUT2D eigenvalue weighted by molar-refractivity contribution is -0.125. The van der Waals surface area contributed by atoms with E-state index in [1.807, 2.05) is 6.92 Å². The molecule has 1 saturated heterocycles. The van der Waals surface area contributed by atoms with Crippen LogP contribution in [0.15, 0.2) is 0 Å². The Morgan fingerprint density at radius 1 is 1.67 bits per heavy atom. The summed E-state index contributed by atoms with van der Waals surface area (Å²) in [5.41, 5.74) is -1.24. The van der Waals surface area contributed by atoms with Crippen molar-refractivity contribution in [3.05, 3.63) is 0 Å². The average molecular weight is 216 g/mol. The average Bonchev–Trinajstić information content (AvgIpc) is 2.61. The first kappa shape index (κ1) is 12.4. The third-order valence-electron chi connectivity index (χ3n) is 2.80. The molecule has 4 N–H and O–H groups in total. The minimum absolute atomic E-state index is 0.0766. The highest BCUT2D eigenvalue weighted by molar-refractivity contribution is 5.82. The summed E-state index contributed by atoms with van der Waals surface area (Å²) in [7, 11) is 0. The molecule has 1 fully saturated rings. The van der Waals surface area contributed by atoms with Gasteiger partial charge in [-0.1, -0.05) is 6.92 Å². The van der Waals surface area contributed by atoms with Gasteiger partial charge in [-0.25, -0.2) is 0 Å². The minimum Gasteiger partial charge on any atom is -0.393 e. The maximum absolute atomic E-state index is 11.7. The van der Waals surface area contributed by atoms with Crippen molar-refractivity contribution in [3.63, 3.8) is 0 Å². The number of amides is 1. The first-order chi connectivity index (χ1) is 6.96. The minimum atomic E-state index is -1.24. The van der Waals surface area contributed by atoms with Gasteiger partial charge in [-0.15, -0.1) is 0 Å². The molecule has 0 aromatic carbocycles. The smallest absolute Gasteiger partial charge is 0.237 e. The zero-order chi connectivity index (χ0) is 11.5. The molecule has 5 nitrogen and oxygen atoms in total. The molecule has 1 amide bonds. The molecule has 3 unspecified atom stereocenters. The van der Waals surface area contributed by atoms with E-state index in [-0.39, 0.29) is 25.1 Å². The van der Waals surface area contributed by atoms with Gasteiger partial charge in [0.15, 0.2) is 0 Å². The SMILES string of the molecule is CC1CCNC1C(=O)NCC(C)(O)CO. The normalized spacial score (nSPS) is 29.9. The number of aliphatic hydroxyl groups excluding tert-OH is 1. The van der Waals surface area contributed by atoms with Crippen molar-refractivity contribution < 1.29 is 15.0 Å². The van der Waals surface area contributed by atoms with E-state index in [9.17, 15) is 9.90 Å². The lowest BCUT2D eigenvalue weighted by Crippen LogP contribution is -2.49. The zero-order valence-corrected chi connectivity index (χ0v) is 9.29. The van der Waals surface area contributed by atoms with E-state index in [2.05, 4.69) is 10.6 Å². The highest BCUT2D eigenvalue weighted by Crippen LogP contribution is 2.14. The quantitative estimate of drug-likeness (QED) is 0.478. The summed E-state index contributed by atoms with van der Waals surface area (Å²) in [5.74, 6) is 0.220. The molecule has 1 aliphatic heterocycles. The first-order valence-electron chi connectivity index (χ1n) is 5.30. The van der Waals surface area contributed by atoms with Gasteiger partial charge in [0, 0.05) is 6.54 Å². The molecular weight excluding hydrogens is 196 g/mol. The molecule has 0 bridgehead atoms. The van der Waals surface area contributed by atoms with Crippen LogP contribution in [0.3, 0.4) is 0 Å². The second kappa shape index (κ2) is 4.92. The highest BCUT2D eigenvalue weighted by Gasteiger charge is 2.30. The van der Waals surface area contributed by atoms with Crippen molar-refractivity contribution in [1.82, 2.24) is 10.6 Å². The molecule has 1 rings (SSSR count). The maximum atomic E-state index is 11.7. The summed E-state index contributed by atoms with van der Waals surface area (Å²) in [4.78, 5) is 11.7. The largest absolute Gasteiger partial charge is 0.393 e. The molecule has 15 heavy (non-hydrogen) atoms. The summed E-state index contributed by atoms with van der Waals surface area (Å²) in [6.45, 7) is 4.08. The van der Waals surface area contributed by atoms with Crippen LogP contribution in [0.5, 0.6) is 0 Å². The van der Waals surface area contributed by atoms with E-state index >= 15 is 0 Å². The van der Waals surface area contributed by atoms with Crippen molar-refractivity contribution in [1.29, 1.82) is 0 Å². The molecule has 0 radical (unpaired) electrons. The number of carbonyl (C=O) groups excluding carboxylic acids is 1. The fourth-order valence-corrected chi connectivity index (χ4v) is 1.63. The van der Waals surface area contributed by atoms with E-state index in [1.54, 1.807) is 0 Å². The Labute approximate surface area is 89.9 Å². The molecule has 0 aromatic heterocycles. The molecule has 88 valence electrons. The van der Waals surface area contributed by atoms with E-state index in [1.165, 1.54) is 6.92 Å². The van der Waals surface area contributed by atoms with Crippen LogP contribution < -0.4 is 10.6 Å². The number of nitrogens with one attached hydrogen (secondary N) is 2. The third kappa shape index (κ3) is 3.44. The number of rotatable bonds is 4. The molecular formula is C10H20N2O3. The van der Waals surface area contributed by atoms with Crippen LogP contribution >= 0.6 is 0 Å². The van der Waals surface area contributed by atoms with Crippen molar-refractivity contribution in [2.75, 3.05) is 19.7 Å². The van der Waals surface area contributed by atoms with Gasteiger partial charge in [0.25, 0.3) is 0 Å². The topological polar surface area (TPSA) is 81.6 Å². The third-order valence-corrected chi connectivity index (χ3v) is 2.80. The molecule has 5 heteroatoms. The van der Waals surface area contributed by atoms with Crippen LogP contribution in [0, 0.1) is 5.92 Å². The lowest BCUT2D eigenvalue weighted by Gasteiger charge is -2.23. The predicted octanol–water partition coefficient (Wildman–Crippen LogP) is -1.16. The Morgan fingerprint density at radius 3 is 2.80 bits per heavy atom. The lowest BCUT2D eigenvalue weighted by atomic mass is 10.0. The van der Waals surface area contributed by atoms with Gasteiger partial charge in [-0.05, 0) is 25.8 Å².